The fraction of sp³-hybridized carbons (Fsp3) is 0.303. The maximum atomic E-state index is 14.4. The molecule has 7 nitrogen and oxygen atoms in total. The number of likely N-dealkylation sites (tertiary alicyclic amines) is 1. The number of anilines is 1. The highest BCUT2D eigenvalue weighted by Gasteiger charge is 2.61. The summed E-state index contributed by atoms with van der Waals surface area (Å²) in [5, 5.41) is 7.19. The number of nitrogens with one attached hydrogen (secondary N) is 2. The first-order valence-electron chi connectivity index (χ1n) is 13.9. The predicted molar refractivity (Wildman–Crippen MR) is 162 cm³/mol. The van der Waals surface area contributed by atoms with Crippen molar-refractivity contribution in [2.45, 2.75) is 49.7 Å². The first-order valence-corrected chi connectivity index (χ1v) is 14.6. The van der Waals surface area contributed by atoms with Crippen molar-refractivity contribution in [2.75, 3.05) is 18.4 Å². The van der Waals surface area contributed by atoms with E-state index in [0.29, 0.717) is 58.5 Å². The number of halogens is 2. The number of fused-ring (bicyclic) bond motifs is 2. The average Bonchev–Trinajstić information content (AvgIpc) is 3.25. The summed E-state index contributed by atoms with van der Waals surface area (Å²) in [6.07, 6.45) is 7.06. The van der Waals surface area contributed by atoms with E-state index in [1.54, 1.807) is 42.2 Å². The molecule has 214 valence electrons. The van der Waals surface area contributed by atoms with Crippen LogP contribution in [0.25, 0.3) is 0 Å². The second-order valence-electron chi connectivity index (χ2n) is 11.0. The normalized spacial score (nSPS) is 23.6. The summed E-state index contributed by atoms with van der Waals surface area (Å²) >= 11 is 12.8. The van der Waals surface area contributed by atoms with Gasteiger partial charge in [-0.15, -0.1) is 6.42 Å². The van der Waals surface area contributed by atoms with Crippen LogP contribution in [0.2, 0.25) is 10.0 Å². The van der Waals surface area contributed by atoms with Gasteiger partial charge in [-0.25, -0.2) is 0 Å². The Hall–Kier alpha value is -3.99. The summed E-state index contributed by atoms with van der Waals surface area (Å²) in [5.41, 5.74) is 2.02. The first-order chi connectivity index (χ1) is 20.2. The van der Waals surface area contributed by atoms with E-state index in [1.807, 2.05) is 30.3 Å². The summed E-state index contributed by atoms with van der Waals surface area (Å²) in [4.78, 5) is 41.5. The maximum Gasteiger partial charge on any atom is 0.238 e. The molecule has 0 saturated carbocycles. The Morgan fingerprint density at radius 1 is 1.05 bits per heavy atom. The summed E-state index contributed by atoms with van der Waals surface area (Å²) in [6.45, 7) is 2.75. The van der Waals surface area contributed by atoms with Gasteiger partial charge in [0.05, 0.1) is 6.04 Å². The van der Waals surface area contributed by atoms with Crippen molar-refractivity contribution in [1.29, 1.82) is 0 Å². The monoisotopic (exact) mass is 601 g/mol. The molecule has 2 fully saturated rings. The Bertz CT molecular complexity index is 1640. The minimum Gasteiger partial charge on any atom is -0.490 e. The number of terminal acetylenes is 1. The average molecular weight is 603 g/mol. The van der Waals surface area contributed by atoms with E-state index in [1.165, 1.54) is 0 Å². The second kappa shape index (κ2) is 11.0. The van der Waals surface area contributed by atoms with Crippen LogP contribution >= 0.6 is 23.2 Å². The van der Waals surface area contributed by atoms with Crippen LogP contribution < -0.4 is 15.4 Å². The van der Waals surface area contributed by atoms with E-state index in [0.717, 1.165) is 11.1 Å². The van der Waals surface area contributed by atoms with Gasteiger partial charge in [0.1, 0.15) is 17.3 Å². The SMILES string of the molecule is C#Cc1ccc(OC2CCN(C(C)=O)CC2)c([C@H]2NC(=O)C[C@@H](c3cccc(Cl)c3)[C@]23C(=O)Nc2cc(Cl)ccc23)c1. The largest absolute Gasteiger partial charge is 0.490 e. The van der Waals surface area contributed by atoms with Crippen LogP contribution in [-0.2, 0) is 19.8 Å². The van der Waals surface area contributed by atoms with Gasteiger partial charge in [-0.3, -0.25) is 14.4 Å². The lowest BCUT2D eigenvalue weighted by atomic mass is 9.59. The van der Waals surface area contributed by atoms with Crippen LogP contribution in [0.5, 0.6) is 5.75 Å². The Labute approximate surface area is 254 Å². The number of nitrogens with zero attached hydrogens (tertiary/aromatic N) is 1. The fourth-order valence-corrected chi connectivity index (χ4v) is 7.08. The lowest BCUT2D eigenvalue weighted by molar-refractivity contribution is -0.132. The zero-order valence-electron chi connectivity index (χ0n) is 23.0. The van der Waals surface area contributed by atoms with Gasteiger partial charge in [-0.2, -0.15) is 0 Å². The van der Waals surface area contributed by atoms with Gasteiger partial charge in [-0.05, 0) is 53.6 Å². The van der Waals surface area contributed by atoms with Crippen LogP contribution in [0.1, 0.15) is 60.4 Å². The van der Waals surface area contributed by atoms with E-state index >= 15 is 0 Å². The molecule has 0 radical (unpaired) electrons. The molecule has 1 spiro atoms. The minimum atomic E-state index is -1.26. The van der Waals surface area contributed by atoms with Crippen molar-refractivity contribution >= 4 is 46.6 Å². The number of hydrogen-bond donors (Lipinski definition) is 2. The number of rotatable bonds is 4. The molecule has 0 bridgehead atoms. The van der Waals surface area contributed by atoms with Gasteiger partial charge < -0.3 is 20.3 Å². The van der Waals surface area contributed by atoms with E-state index < -0.39 is 17.4 Å². The van der Waals surface area contributed by atoms with E-state index in [2.05, 4.69) is 16.6 Å². The van der Waals surface area contributed by atoms with Crippen LogP contribution in [0.15, 0.2) is 60.7 Å². The van der Waals surface area contributed by atoms with Crippen LogP contribution in [-0.4, -0.2) is 41.8 Å². The number of piperidine rings is 2. The van der Waals surface area contributed by atoms with Gasteiger partial charge in [0.15, 0.2) is 0 Å². The smallest absolute Gasteiger partial charge is 0.238 e. The Morgan fingerprint density at radius 2 is 1.81 bits per heavy atom. The van der Waals surface area contributed by atoms with Gasteiger partial charge in [0.25, 0.3) is 0 Å². The zero-order valence-corrected chi connectivity index (χ0v) is 24.5. The molecule has 9 heteroatoms. The van der Waals surface area contributed by atoms with Crippen LogP contribution in [0.3, 0.4) is 0 Å². The topological polar surface area (TPSA) is 87.7 Å². The molecule has 0 unspecified atom stereocenters. The third-order valence-electron chi connectivity index (χ3n) is 8.67. The molecular weight excluding hydrogens is 573 g/mol. The van der Waals surface area contributed by atoms with Crippen LogP contribution in [0, 0.1) is 12.3 Å². The van der Waals surface area contributed by atoms with Gasteiger partial charge in [-0.1, -0.05) is 47.3 Å². The molecule has 3 aliphatic heterocycles. The number of hydrogen-bond acceptors (Lipinski definition) is 4. The molecule has 6 rings (SSSR count). The molecule has 42 heavy (non-hydrogen) atoms. The molecule has 0 aliphatic carbocycles. The fourth-order valence-electron chi connectivity index (χ4n) is 6.71. The standard InChI is InChI=1S/C33H29Cl2N3O4/c1-3-20-7-10-29(42-24-11-13-38(14-12-24)19(2)39)25(15-20)31-33(26-9-8-23(35)17-28(26)36-32(33)41)27(18-30(40)37-31)21-5-4-6-22(34)16-21/h1,4-10,15-17,24,27,31H,11-14,18H2,2H3,(H,36,41)(H,37,40)/t27-,31+,33-/m0/s1. The van der Waals surface area contributed by atoms with Crippen molar-refractivity contribution in [3.05, 3.63) is 93.0 Å². The highest BCUT2D eigenvalue weighted by Crippen LogP contribution is 2.58. The van der Waals surface area contributed by atoms with Gasteiger partial charge in [0, 0.05) is 72.1 Å². The quantitative estimate of drug-likeness (QED) is 0.381. The van der Waals surface area contributed by atoms with Crippen molar-refractivity contribution in [2.24, 2.45) is 0 Å². The molecule has 3 atom stereocenters. The van der Waals surface area contributed by atoms with Gasteiger partial charge in [0.2, 0.25) is 17.7 Å². The second-order valence-corrected chi connectivity index (χ2v) is 11.9. The third kappa shape index (κ3) is 4.79. The van der Waals surface area contributed by atoms with Crippen LogP contribution in [0.4, 0.5) is 5.69 Å². The number of ether oxygens (including phenoxy) is 1. The van der Waals surface area contributed by atoms with E-state index in [-0.39, 0.29) is 30.2 Å². The molecule has 3 aromatic rings. The van der Waals surface area contributed by atoms with E-state index in [4.69, 9.17) is 34.4 Å². The summed E-state index contributed by atoms with van der Waals surface area (Å²) < 4.78 is 6.58. The molecule has 3 aliphatic rings. The Kier molecular flexibility index (Phi) is 7.38. The van der Waals surface area contributed by atoms with E-state index in [9.17, 15) is 14.4 Å². The molecule has 3 heterocycles. The zero-order chi connectivity index (χ0) is 29.6. The number of amides is 3. The Morgan fingerprint density at radius 3 is 2.52 bits per heavy atom. The number of benzene rings is 3. The molecular formula is C33H29Cl2N3O4. The minimum absolute atomic E-state index is 0.0393. The highest BCUT2D eigenvalue weighted by molar-refractivity contribution is 6.31. The highest BCUT2D eigenvalue weighted by atomic mass is 35.5. The molecule has 0 aromatic heterocycles. The third-order valence-corrected chi connectivity index (χ3v) is 9.14. The summed E-state index contributed by atoms with van der Waals surface area (Å²) in [7, 11) is 0. The molecule has 3 amide bonds. The first kappa shape index (κ1) is 28.1. The van der Waals surface area contributed by atoms with Crippen molar-refractivity contribution in [1.82, 2.24) is 10.2 Å². The van der Waals surface area contributed by atoms with Crippen molar-refractivity contribution < 1.29 is 19.1 Å². The number of carbonyl (C=O) groups is 3. The molecule has 2 saturated heterocycles. The Balaban J connectivity index is 1.52. The van der Waals surface area contributed by atoms with Crippen molar-refractivity contribution in [3.8, 4) is 18.1 Å². The summed E-state index contributed by atoms with van der Waals surface area (Å²) in [6, 6.07) is 17.2. The predicted octanol–water partition coefficient (Wildman–Crippen LogP) is 5.60. The van der Waals surface area contributed by atoms with Crippen molar-refractivity contribution in [3.63, 3.8) is 0 Å². The lowest BCUT2D eigenvalue weighted by Gasteiger charge is -2.47. The molecule has 3 aromatic carbocycles. The molecule has 2 N–H and O–H groups in total. The number of carbonyl (C=O) groups excluding carboxylic acids is 3. The summed E-state index contributed by atoms with van der Waals surface area (Å²) in [5.74, 6) is 2.23. The van der Waals surface area contributed by atoms with Gasteiger partial charge >= 0.3 is 0 Å². The maximum absolute atomic E-state index is 14.4. The lowest BCUT2D eigenvalue weighted by Crippen LogP contribution is -2.57.